The van der Waals surface area contributed by atoms with E-state index in [2.05, 4.69) is 6.58 Å². The van der Waals surface area contributed by atoms with Crippen molar-refractivity contribution in [3.8, 4) is 0 Å². The molecule has 0 aliphatic carbocycles. The molecule has 1 aromatic rings. The molecule has 5 heteroatoms. The summed E-state index contributed by atoms with van der Waals surface area (Å²) in [6.45, 7) is 10.5. The van der Waals surface area contributed by atoms with Crippen LogP contribution in [-0.2, 0) is 18.4 Å². The Hall–Kier alpha value is -1.43. The highest BCUT2D eigenvalue weighted by Crippen LogP contribution is 2.18. The lowest BCUT2D eigenvalue weighted by Gasteiger charge is -2.35. The standard InChI is InChI=1S/C17H26O4Si/c1-5-13-19-22(20-14-6-2,15(4)21-17(18)7-3)16-11-9-8-10-12-16/h7-12,15H,3,5-6,13-14H2,1-2,4H3. The van der Waals surface area contributed by atoms with Crippen LogP contribution in [0.25, 0.3) is 0 Å². The zero-order valence-electron chi connectivity index (χ0n) is 13.7. The Morgan fingerprint density at radius 2 is 1.73 bits per heavy atom. The molecule has 0 spiro atoms. The van der Waals surface area contributed by atoms with Gasteiger partial charge in [0.25, 0.3) is 0 Å². The molecule has 1 aromatic carbocycles. The smallest absolute Gasteiger partial charge is 0.414 e. The molecule has 0 fully saturated rings. The number of benzene rings is 1. The molecule has 1 rings (SSSR count). The highest BCUT2D eigenvalue weighted by Gasteiger charge is 2.48. The Morgan fingerprint density at radius 3 is 2.18 bits per heavy atom. The summed E-state index contributed by atoms with van der Waals surface area (Å²) in [6.07, 6.45) is 2.92. The fourth-order valence-electron chi connectivity index (χ4n) is 2.16. The number of esters is 1. The fourth-order valence-corrected chi connectivity index (χ4v) is 5.45. The van der Waals surface area contributed by atoms with Crippen molar-refractivity contribution in [1.29, 1.82) is 0 Å². The minimum atomic E-state index is -2.89. The van der Waals surface area contributed by atoms with Crippen molar-refractivity contribution >= 4 is 19.7 Å². The second-order valence-electron chi connectivity index (χ2n) is 5.01. The first-order valence-corrected chi connectivity index (χ1v) is 9.66. The summed E-state index contributed by atoms with van der Waals surface area (Å²) in [6, 6.07) is 9.81. The largest absolute Gasteiger partial charge is 0.457 e. The zero-order chi connectivity index (χ0) is 16.4. The van der Waals surface area contributed by atoms with Crippen molar-refractivity contribution in [1.82, 2.24) is 0 Å². The van der Waals surface area contributed by atoms with E-state index in [9.17, 15) is 4.79 Å². The lowest BCUT2D eigenvalue weighted by Crippen LogP contribution is -2.63. The van der Waals surface area contributed by atoms with Gasteiger partial charge in [-0.15, -0.1) is 0 Å². The number of carbonyl (C=O) groups excluding carboxylic acids is 1. The maximum atomic E-state index is 11.6. The van der Waals surface area contributed by atoms with E-state index < -0.39 is 20.3 Å². The number of carbonyl (C=O) groups is 1. The molecular formula is C17H26O4Si. The molecule has 0 saturated heterocycles. The van der Waals surface area contributed by atoms with E-state index in [4.69, 9.17) is 13.6 Å². The summed E-state index contributed by atoms with van der Waals surface area (Å²) in [7, 11) is -2.89. The third-order valence-electron chi connectivity index (χ3n) is 3.21. The number of rotatable bonds is 10. The SMILES string of the molecule is C=CC(=O)OC(C)[Si](OCCC)(OCCC)c1ccccc1. The van der Waals surface area contributed by atoms with Crippen LogP contribution in [0, 0.1) is 0 Å². The second-order valence-corrected chi connectivity index (χ2v) is 8.32. The van der Waals surface area contributed by atoms with E-state index >= 15 is 0 Å². The van der Waals surface area contributed by atoms with Gasteiger partial charge >= 0.3 is 14.5 Å². The van der Waals surface area contributed by atoms with Crippen LogP contribution in [0.1, 0.15) is 33.6 Å². The Balaban J connectivity index is 3.17. The number of hydrogen-bond acceptors (Lipinski definition) is 4. The van der Waals surface area contributed by atoms with Crippen molar-refractivity contribution in [2.45, 2.75) is 39.3 Å². The van der Waals surface area contributed by atoms with Gasteiger partial charge in [0.05, 0.1) is 0 Å². The lowest BCUT2D eigenvalue weighted by molar-refractivity contribution is -0.140. The van der Waals surface area contributed by atoms with Gasteiger partial charge in [0, 0.05) is 19.3 Å². The summed E-state index contributed by atoms with van der Waals surface area (Å²) in [4.78, 5) is 11.6. The maximum absolute atomic E-state index is 11.6. The van der Waals surface area contributed by atoms with Gasteiger partial charge in [-0.1, -0.05) is 50.8 Å². The molecule has 1 atom stereocenters. The average molecular weight is 322 g/mol. The van der Waals surface area contributed by atoms with Gasteiger partial charge in [-0.05, 0) is 25.0 Å². The lowest BCUT2D eigenvalue weighted by atomic mass is 10.4. The summed E-state index contributed by atoms with van der Waals surface area (Å²) < 4.78 is 17.8. The molecule has 0 aliphatic rings. The van der Waals surface area contributed by atoms with E-state index in [0.717, 1.165) is 18.0 Å². The van der Waals surface area contributed by atoms with Crippen LogP contribution in [0.15, 0.2) is 43.0 Å². The van der Waals surface area contributed by atoms with Crippen LogP contribution in [-0.4, -0.2) is 33.5 Å². The Kier molecular flexibility index (Phi) is 8.09. The van der Waals surface area contributed by atoms with Crippen LogP contribution in [0.3, 0.4) is 0 Å². The first-order chi connectivity index (χ1) is 10.6. The van der Waals surface area contributed by atoms with Crippen molar-refractivity contribution in [3.63, 3.8) is 0 Å². The molecule has 4 nitrogen and oxygen atoms in total. The molecule has 0 heterocycles. The van der Waals surface area contributed by atoms with Gasteiger partial charge in [0.1, 0.15) is 5.73 Å². The normalized spacial score (nSPS) is 12.7. The summed E-state index contributed by atoms with van der Waals surface area (Å²) >= 11 is 0. The molecule has 0 saturated carbocycles. The van der Waals surface area contributed by atoms with Crippen LogP contribution in [0.2, 0.25) is 0 Å². The highest BCUT2D eigenvalue weighted by atomic mass is 28.4. The fraction of sp³-hybridized carbons (Fsp3) is 0.471. The molecule has 22 heavy (non-hydrogen) atoms. The molecule has 0 radical (unpaired) electrons. The summed E-state index contributed by atoms with van der Waals surface area (Å²) in [5, 5.41) is 0.973. The van der Waals surface area contributed by atoms with Crippen molar-refractivity contribution in [3.05, 3.63) is 43.0 Å². The van der Waals surface area contributed by atoms with Crippen LogP contribution >= 0.6 is 0 Å². The van der Waals surface area contributed by atoms with E-state index in [0.29, 0.717) is 13.2 Å². The minimum absolute atomic E-state index is 0.458. The minimum Gasteiger partial charge on any atom is -0.457 e. The van der Waals surface area contributed by atoms with Gasteiger partial charge in [-0.2, -0.15) is 0 Å². The third-order valence-corrected chi connectivity index (χ3v) is 6.80. The second kappa shape index (κ2) is 9.56. The zero-order valence-corrected chi connectivity index (χ0v) is 14.7. The monoisotopic (exact) mass is 322 g/mol. The molecule has 0 bridgehead atoms. The van der Waals surface area contributed by atoms with Crippen LogP contribution in [0.4, 0.5) is 0 Å². The quantitative estimate of drug-likeness (QED) is 0.377. The van der Waals surface area contributed by atoms with Gasteiger partial charge in [0.2, 0.25) is 0 Å². The molecule has 0 amide bonds. The number of hydrogen-bond donors (Lipinski definition) is 0. The Morgan fingerprint density at radius 1 is 1.18 bits per heavy atom. The van der Waals surface area contributed by atoms with E-state index in [1.165, 1.54) is 6.08 Å². The predicted molar refractivity (Wildman–Crippen MR) is 90.1 cm³/mol. The third kappa shape index (κ3) is 4.80. The molecular weight excluding hydrogens is 296 g/mol. The van der Waals surface area contributed by atoms with Crippen LogP contribution in [0.5, 0.6) is 0 Å². The van der Waals surface area contributed by atoms with Crippen LogP contribution < -0.4 is 5.19 Å². The summed E-state index contributed by atoms with van der Waals surface area (Å²) in [5.74, 6) is -0.458. The van der Waals surface area contributed by atoms with Gasteiger partial charge in [-0.3, -0.25) is 0 Å². The van der Waals surface area contributed by atoms with Crippen molar-refractivity contribution in [2.75, 3.05) is 13.2 Å². The molecule has 122 valence electrons. The van der Waals surface area contributed by atoms with E-state index in [1.807, 2.05) is 51.1 Å². The van der Waals surface area contributed by atoms with Crippen molar-refractivity contribution in [2.24, 2.45) is 0 Å². The molecule has 0 aliphatic heterocycles. The first-order valence-electron chi connectivity index (χ1n) is 7.77. The number of ether oxygens (including phenoxy) is 1. The van der Waals surface area contributed by atoms with Gasteiger partial charge in [0.15, 0.2) is 0 Å². The van der Waals surface area contributed by atoms with Crippen molar-refractivity contribution < 1.29 is 18.4 Å². The highest BCUT2D eigenvalue weighted by molar-refractivity contribution is 6.82. The Labute approximate surface area is 134 Å². The van der Waals surface area contributed by atoms with E-state index in [1.54, 1.807) is 0 Å². The Bertz CT molecular complexity index is 453. The maximum Gasteiger partial charge on any atom is 0.414 e. The predicted octanol–water partition coefficient (Wildman–Crippen LogP) is 2.85. The molecule has 1 unspecified atom stereocenters. The topological polar surface area (TPSA) is 44.8 Å². The molecule has 0 N–H and O–H groups in total. The average Bonchev–Trinajstić information content (AvgIpc) is 2.56. The first kappa shape index (κ1) is 18.6. The van der Waals surface area contributed by atoms with E-state index in [-0.39, 0.29) is 0 Å². The summed E-state index contributed by atoms with van der Waals surface area (Å²) in [5.41, 5.74) is -0.460. The van der Waals surface area contributed by atoms with Gasteiger partial charge in [-0.25, -0.2) is 4.79 Å². The molecule has 0 aromatic heterocycles. The van der Waals surface area contributed by atoms with Gasteiger partial charge < -0.3 is 13.6 Å².